The Balaban J connectivity index is 2.53. The monoisotopic (exact) mass is 240 g/mol. The summed E-state index contributed by atoms with van der Waals surface area (Å²) in [6, 6.07) is 3.45. The summed E-state index contributed by atoms with van der Waals surface area (Å²) in [5.41, 5.74) is 1.41. The highest BCUT2D eigenvalue weighted by Crippen LogP contribution is 2.46. The van der Waals surface area contributed by atoms with Crippen molar-refractivity contribution in [3.63, 3.8) is 0 Å². The van der Waals surface area contributed by atoms with Crippen molar-refractivity contribution in [2.45, 2.75) is 18.8 Å². The Kier molecular flexibility index (Phi) is 3.06. The molecule has 2 rings (SSSR count). The summed E-state index contributed by atoms with van der Waals surface area (Å²) in [4.78, 5) is 11.6. The number of ether oxygens (including phenoxy) is 2. The number of carbonyl (C=O) groups is 1. The quantitative estimate of drug-likeness (QED) is 0.762. The molecule has 0 bridgehead atoms. The lowest BCUT2D eigenvalue weighted by atomic mass is 10.0. The summed E-state index contributed by atoms with van der Waals surface area (Å²) in [6.07, 6.45) is 2.24. The predicted molar refractivity (Wildman–Crippen MR) is 61.3 cm³/mol. The summed E-state index contributed by atoms with van der Waals surface area (Å²) in [5.74, 6) is 0.650. The van der Waals surface area contributed by atoms with Gasteiger partial charge < -0.3 is 9.47 Å². The Morgan fingerprint density at radius 3 is 2.56 bits per heavy atom. The van der Waals surface area contributed by atoms with E-state index in [1.807, 2.05) is 6.07 Å². The number of esters is 1. The van der Waals surface area contributed by atoms with E-state index >= 15 is 0 Å². The highest BCUT2D eigenvalue weighted by molar-refractivity contribution is 6.31. The van der Waals surface area contributed by atoms with E-state index < -0.39 is 5.97 Å². The molecule has 0 atom stereocenters. The molecular weight excluding hydrogens is 228 g/mol. The van der Waals surface area contributed by atoms with Crippen molar-refractivity contribution in [1.29, 1.82) is 0 Å². The van der Waals surface area contributed by atoms with Gasteiger partial charge >= 0.3 is 5.97 Å². The molecule has 1 aliphatic carbocycles. The second-order valence-electron chi connectivity index (χ2n) is 3.84. The smallest absolute Gasteiger partial charge is 0.341 e. The van der Waals surface area contributed by atoms with Crippen molar-refractivity contribution in [3.8, 4) is 5.75 Å². The number of hydrogen-bond acceptors (Lipinski definition) is 3. The summed E-state index contributed by atoms with van der Waals surface area (Å²) < 4.78 is 10.0. The average molecular weight is 241 g/mol. The van der Waals surface area contributed by atoms with Gasteiger partial charge in [0.25, 0.3) is 0 Å². The third-order valence-corrected chi connectivity index (χ3v) is 2.93. The average Bonchev–Trinajstić information content (AvgIpc) is 3.10. The first kappa shape index (κ1) is 11.3. The van der Waals surface area contributed by atoms with Gasteiger partial charge in [0.2, 0.25) is 0 Å². The van der Waals surface area contributed by atoms with E-state index in [0.29, 0.717) is 22.3 Å². The topological polar surface area (TPSA) is 35.5 Å². The molecule has 1 aromatic carbocycles. The fourth-order valence-electron chi connectivity index (χ4n) is 1.80. The molecule has 1 saturated carbocycles. The molecule has 16 heavy (non-hydrogen) atoms. The van der Waals surface area contributed by atoms with E-state index in [4.69, 9.17) is 21.1 Å². The molecule has 1 aromatic rings. The molecule has 3 nitrogen and oxygen atoms in total. The zero-order valence-electron chi connectivity index (χ0n) is 9.25. The standard InChI is InChI=1S/C12H13ClO3/c1-15-11-9(7-3-4-7)5-8(13)6-10(11)12(14)16-2/h5-7H,3-4H2,1-2H3. The molecule has 0 radical (unpaired) electrons. The van der Waals surface area contributed by atoms with Gasteiger partial charge in [0.05, 0.1) is 14.2 Å². The highest BCUT2D eigenvalue weighted by Gasteiger charge is 2.30. The number of carbonyl (C=O) groups excluding carboxylic acids is 1. The highest BCUT2D eigenvalue weighted by atomic mass is 35.5. The molecule has 0 aliphatic heterocycles. The molecule has 0 unspecified atom stereocenters. The van der Waals surface area contributed by atoms with Crippen molar-refractivity contribution >= 4 is 17.6 Å². The number of hydrogen-bond donors (Lipinski definition) is 0. The van der Waals surface area contributed by atoms with Crippen LogP contribution >= 0.6 is 11.6 Å². The molecule has 4 heteroatoms. The first-order chi connectivity index (χ1) is 7.67. The maximum atomic E-state index is 11.6. The number of methoxy groups -OCH3 is 2. The number of benzene rings is 1. The fraction of sp³-hybridized carbons (Fsp3) is 0.417. The second kappa shape index (κ2) is 4.34. The van der Waals surface area contributed by atoms with Gasteiger partial charge in [-0.1, -0.05) is 11.6 Å². The summed E-state index contributed by atoms with van der Waals surface area (Å²) in [7, 11) is 2.90. The largest absolute Gasteiger partial charge is 0.496 e. The van der Waals surface area contributed by atoms with Crippen LogP contribution in [0, 0.1) is 0 Å². The summed E-state index contributed by atoms with van der Waals surface area (Å²) in [6.45, 7) is 0. The second-order valence-corrected chi connectivity index (χ2v) is 4.28. The Bertz CT molecular complexity index is 425. The van der Waals surface area contributed by atoms with E-state index in [-0.39, 0.29) is 0 Å². The van der Waals surface area contributed by atoms with Crippen LogP contribution in [-0.2, 0) is 4.74 Å². The summed E-state index contributed by atoms with van der Waals surface area (Å²) >= 11 is 5.99. The van der Waals surface area contributed by atoms with Crippen LogP contribution < -0.4 is 4.74 Å². The Hall–Kier alpha value is -1.22. The molecule has 1 fully saturated rings. The third-order valence-electron chi connectivity index (χ3n) is 2.71. The first-order valence-corrected chi connectivity index (χ1v) is 5.51. The molecule has 1 aliphatic rings. The van der Waals surface area contributed by atoms with Crippen LogP contribution in [0.25, 0.3) is 0 Å². The summed E-state index contributed by atoms with van der Waals surface area (Å²) in [5, 5.41) is 0.545. The van der Waals surface area contributed by atoms with Gasteiger partial charge in [0.15, 0.2) is 0 Å². The van der Waals surface area contributed by atoms with Gasteiger partial charge in [-0.15, -0.1) is 0 Å². The van der Waals surface area contributed by atoms with Crippen LogP contribution in [0.2, 0.25) is 5.02 Å². The maximum absolute atomic E-state index is 11.6. The Labute approximate surface area is 99.3 Å². The fourth-order valence-corrected chi connectivity index (χ4v) is 2.03. The van der Waals surface area contributed by atoms with Gasteiger partial charge in [-0.2, -0.15) is 0 Å². The Morgan fingerprint density at radius 1 is 1.38 bits per heavy atom. The molecule has 0 amide bonds. The van der Waals surface area contributed by atoms with E-state index in [1.165, 1.54) is 7.11 Å². The molecule has 0 heterocycles. The number of halogens is 1. The molecule has 86 valence electrons. The predicted octanol–water partition coefficient (Wildman–Crippen LogP) is 3.01. The minimum absolute atomic E-state index is 0.402. The van der Waals surface area contributed by atoms with Gasteiger partial charge in [0.1, 0.15) is 11.3 Å². The van der Waals surface area contributed by atoms with Crippen LogP contribution in [0.4, 0.5) is 0 Å². The normalized spacial score (nSPS) is 14.7. The number of rotatable bonds is 3. The lowest BCUT2D eigenvalue weighted by Crippen LogP contribution is -2.06. The van der Waals surface area contributed by atoms with E-state index in [0.717, 1.165) is 18.4 Å². The van der Waals surface area contributed by atoms with Gasteiger partial charge in [0, 0.05) is 5.02 Å². The maximum Gasteiger partial charge on any atom is 0.341 e. The van der Waals surface area contributed by atoms with Crippen LogP contribution in [0.5, 0.6) is 5.75 Å². The lowest BCUT2D eigenvalue weighted by molar-refractivity contribution is 0.0597. The van der Waals surface area contributed by atoms with Crippen LogP contribution in [0.1, 0.15) is 34.7 Å². The minimum Gasteiger partial charge on any atom is -0.496 e. The van der Waals surface area contributed by atoms with Crippen LogP contribution in [0.3, 0.4) is 0 Å². The van der Waals surface area contributed by atoms with Gasteiger partial charge in [-0.05, 0) is 36.5 Å². The first-order valence-electron chi connectivity index (χ1n) is 5.13. The van der Waals surface area contributed by atoms with Gasteiger partial charge in [-0.25, -0.2) is 4.79 Å². The van der Waals surface area contributed by atoms with Crippen LogP contribution in [0.15, 0.2) is 12.1 Å². The SMILES string of the molecule is COC(=O)c1cc(Cl)cc(C2CC2)c1OC. The van der Waals surface area contributed by atoms with Crippen molar-refractivity contribution in [2.75, 3.05) is 14.2 Å². The molecule has 0 aromatic heterocycles. The van der Waals surface area contributed by atoms with Crippen LogP contribution in [-0.4, -0.2) is 20.2 Å². The molecule has 0 spiro atoms. The van der Waals surface area contributed by atoms with Crippen molar-refractivity contribution in [1.82, 2.24) is 0 Å². The van der Waals surface area contributed by atoms with Gasteiger partial charge in [-0.3, -0.25) is 0 Å². The molecule has 0 saturated heterocycles. The zero-order valence-corrected chi connectivity index (χ0v) is 10.0. The van der Waals surface area contributed by atoms with Crippen molar-refractivity contribution < 1.29 is 14.3 Å². The van der Waals surface area contributed by atoms with Crippen molar-refractivity contribution in [3.05, 3.63) is 28.3 Å². The molecular formula is C12H13ClO3. The van der Waals surface area contributed by atoms with E-state index in [9.17, 15) is 4.79 Å². The zero-order chi connectivity index (χ0) is 11.7. The lowest BCUT2D eigenvalue weighted by Gasteiger charge is -2.12. The van der Waals surface area contributed by atoms with E-state index in [1.54, 1.807) is 13.2 Å². The van der Waals surface area contributed by atoms with E-state index in [2.05, 4.69) is 0 Å². The minimum atomic E-state index is -0.416. The Morgan fingerprint density at radius 2 is 2.06 bits per heavy atom. The third kappa shape index (κ3) is 2.00. The van der Waals surface area contributed by atoms with Crippen molar-refractivity contribution in [2.24, 2.45) is 0 Å². The molecule has 0 N–H and O–H groups in total.